The van der Waals surface area contributed by atoms with Crippen molar-refractivity contribution < 1.29 is 14.3 Å². The third kappa shape index (κ3) is 4.95. The molecule has 1 saturated heterocycles. The van der Waals surface area contributed by atoms with Crippen molar-refractivity contribution in [2.24, 2.45) is 0 Å². The van der Waals surface area contributed by atoms with E-state index in [9.17, 15) is 14.9 Å². The summed E-state index contributed by atoms with van der Waals surface area (Å²) in [6.07, 6.45) is 4.21. The van der Waals surface area contributed by atoms with Gasteiger partial charge in [0.05, 0.1) is 23.7 Å². The lowest BCUT2D eigenvalue weighted by atomic mass is 10.1. The summed E-state index contributed by atoms with van der Waals surface area (Å²) in [4.78, 5) is 27.0. The SMILES string of the molecule is N#CCc1[nH]nc(NC(=O)c2ccccc2OCC(=O)N2CCCCCC2)c1C#N. The maximum Gasteiger partial charge on any atom is 0.260 e. The van der Waals surface area contributed by atoms with Crippen LogP contribution in [0.4, 0.5) is 5.82 Å². The smallest absolute Gasteiger partial charge is 0.260 e. The highest BCUT2D eigenvalue weighted by molar-refractivity contribution is 6.06. The van der Waals surface area contributed by atoms with E-state index in [1.54, 1.807) is 29.2 Å². The van der Waals surface area contributed by atoms with Crippen LogP contribution in [-0.4, -0.2) is 46.6 Å². The van der Waals surface area contributed by atoms with Crippen LogP contribution in [0.3, 0.4) is 0 Å². The van der Waals surface area contributed by atoms with Gasteiger partial charge in [0.2, 0.25) is 0 Å². The Morgan fingerprint density at radius 2 is 1.90 bits per heavy atom. The summed E-state index contributed by atoms with van der Waals surface area (Å²) >= 11 is 0. The number of hydrogen-bond acceptors (Lipinski definition) is 6. The molecule has 9 heteroatoms. The largest absolute Gasteiger partial charge is 0.483 e. The van der Waals surface area contributed by atoms with Gasteiger partial charge in [-0.1, -0.05) is 25.0 Å². The molecule has 1 aliphatic heterocycles. The molecule has 1 aliphatic rings. The van der Waals surface area contributed by atoms with Crippen molar-refractivity contribution in [3.8, 4) is 17.9 Å². The molecule has 0 unspecified atom stereocenters. The second-order valence-corrected chi connectivity index (χ2v) is 6.91. The Morgan fingerprint density at radius 3 is 2.60 bits per heavy atom. The molecule has 2 aromatic rings. The minimum Gasteiger partial charge on any atom is -0.483 e. The van der Waals surface area contributed by atoms with Crippen LogP contribution in [0.25, 0.3) is 0 Å². The van der Waals surface area contributed by atoms with E-state index in [4.69, 9.17) is 10.00 Å². The van der Waals surface area contributed by atoms with Crippen molar-refractivity contribution in [3.63, 3.8) is 0 Å². The Labute approximate surface area is 174 Å². The summed E-state index contributed by atoms with van der Waals surface area (Å²) < 4.78 is 5.66. The second-order valence-electron chi connectivity index (χ2n) is 6.91. The zero-order chi connectivity index (χ0) is 21.3. The van der Waals surface area contributed by atoms with Crippen LogP contribution in [0.15, 0.2) is 24.3 Å². The lowest BCUT2D eigenvalue weighted by Gasteiger charge is -2.20. The molecule has 0 aliphatic carbocycles. The number of carbonyl (C=O) groups is 2. The Kier molecular flexibility index (Phi) is 7.01. The van der Waals surface area contributed by atoms with Gasteiger partial charge in [0.15, 0.2) is 12.4 Å². The minimum atomic E-state index is -0.528. The molecule has 154 valence electrons. The van der Waals surface area contributed by atoms with Crippen molar-refractivity contribution in [2.75, 3.05) is 25.0 Å². The van der Waals surface area contributed by atoms with E-state index in [2.05, 4.69) is 15.5 Å². The zero-order valence-electron chi connectivity index (χ0n) is 16.5. The summed E-state index contributed by atoms with van der Waals surface area (Å²) in [6, 6.07) is 10.4. The molecular weight excluding hydrogens is 384 g/mol. The quantitative estimate of drug-likeness (QED) is 0.756. The molecule has 0 radical (unpaired) electrons. The first kappa shape index (κ1) is 20.9. The molecule has 0 bridgehead atoms. The van der Waals surface area contributed by atoms with E-state index in [1.807, 2.05) is 12.1 Å². The van der Waals surface area contributed by atoms with Gasteiger partial charge in [0.25, 0.3) is 11.8 Å². The third-order valence-electron chi connectivity index (χ3n) is 4.88. The molecule has 1 aromatic carbocycles. The number of benzene rings is 1. The number of H-pyrrole nitrogens is 1. The average Bonchev–Trinajstić information content (AvgIpc) is 2.95. The first-order chi connectivity index (χ1) is 14.6. The number of para-hydroxylation sites is 1. The minimum absolute atomic E-state index is 0.0237. The molecule has 30 heavy (non-hydrogen) atoms. The summed E-state index contributed by atoms with van der Waals surface area (Å²) in [5.74, 6) is -0.320. The van der Waals surface area contributed by atoms with Gasteiger partial charge in [-0.25, -0.2) is 0 Å². The van der Waals surface area contributed by atoms with Gasteiger partial charge in [0.1, 0.15) is 17.4 Å². The zero-order valence-corrected chi connectivity index (χ0v) is 16.5. The van der Waals surface area contributed by atoms with Gasteiger partial charge >= 0.3 is 0 Å². The van der Waals surface area contributed by atoms with E-state index >= 15 is 0 Å². The normalized spacial score (nSPS) is 13.6. The van der Waals surface area contributed by atoms with Gasteiger partial charge in [-0.3, -0.25) is 14.7 Å². The average molecular weight is 406 g/mol. The molecule has 1 aromatic heterocycles. The molecule has 0 saturated carbocycles. The number of nitriles is 2. The predicted molar refractivity (Wildman–Crippen MR) is 108 cm³/mol. The first-order valence-corrected chi connectivity index (χ1v) is 9.79. The van der Waals surface area contributed by atoms with Crippen molar-refractivity contribution >= 4 is 17.6 Å². The third-order valence-corrected chi connectivity index (χ3v) is 4.88. The summed E-state index contributed by atoms with van der Waals surface area (Å²) in [7, 11) is 0. The van der Waals surface area contributed by atoms with Crippen LogP contribution in [-0.2, 0) is 11.2 Å². The number of nitrogens with one attached hydrogen (secondary N) is 2. The van der Waals surface area contributed by atoms with E-state index in [1.165, 1.54) is 0 Å². The molecule has 2 heterocycles. The van der Waals surface area contributed by atoms with Crippen LogP contribution in [0, 0.1) is 22.7 Å². The Balaban J connectivity index is 1.69. The molecule has 2 amide bonds. The number of nitrogens with zero attached hydrogens (tertiary/aromatic N) is 4. The van der Waals surface area contributed by atoms with Gasteiger partial charge in [0, 0.05) is 13.1 Å². The standard InChI is InChI=1S/C21H22N6O3/c22-10-9-17-16(13-23)20(26-25-17)24-21(29)15-7-3-4-8-18(15)30-14-19(28)27-11-5-1-2-6-12-27/h3-4,7-8H,1-2,5-6,9,11-12,14H2,(H2,24,25,26,29). The van der Waals surface area contributed by atoms with Crippen LogP contribution < -0.4 is 10.1 Å². The van der Waals surface area contributed by atoms with Crippen molar-refractivity contribution in [3.05, 3.63) is 41.1 Å². The number of anilines is 1. The van der Waals surface area contributed by atoms with Crippen LogP contribution in [0.1, 0.15) is 47.3 Å². The Hall–Kier alpha value is -3.85. The molecule has 9 nitrogen and oxygen atoms in total. The Bertz CT molecular complexity index is 993. The molecule has 3 rings (SSSR count). The molecule has 2 N–H and O–H groups in total. The maximum atomic E-state index is 12.7. The molecule has 1 fully saturated rings. The fraction of sp³-hybridized carbons (Fsp3) is 0.381. The van der Waals surface area contributed by atoms with E-state index in [-0.39, 0.29) is 41.6 Å². The monoisotopic (exact) mass is 406 g/mol. The molecule has 0 atom stereocenters. The summed E-state index contributed by atoms with van der Waals surface area (Å²) in [5, 5.41) is 27.2. The first-order valence-electron chi connectivity index (χ1n) is 9.79. The number of rotatable bonds is 6. The van der Waals surface area contributed by atoms with Gasteiger partial charge in [-0.05, 0) is 25.0 Å². The van der Waals surface area contributed by atoms with Crippen molar-refractivity contribution in [2.45, 2.75) is 32.1 Å². The summed E-state index contributed by atoms with van der Waals surface area (Å²) in [6.45, 7) is 1.30. The number of aromatic amines is 1. The number of likely N-dealkylation sites (tertiary alicyclic amines) is 1. The highest BCUT2D eigenvalue weighted by Gasteiger charge is 2.20. The molecule has 0 spiro atoms. The molecular formula is C21H22N6O3. The Morgan fingerprint density at radius 1 is 1.17 bits per heavy atom. The van der Waals surface area contributed by atoms with E-state index < -0.39 is 5.91 Å². The highest BCUT2D eigenvalue weighted by atomic mass is 16.5. The summed E-state index contributed by atoms with van der Waals surface area (Å²) in [5.41, 5.74) is 0.664. The van der Waals surface area contributed by atoms with Gasteiger partial charge in [-0.15, -0.1) is 0 Å². The number of hydrogen-bond donors (Lipinski definition) is 2. The van der Waals surface area contributed by atoms with Crippen LogP contribution >= 0.6 is 0 Å². The number of amides is 2. The van der Waals surface area contributed by atoms with Crippen molar-refractivity contribution in [1.82, 2.24) is 15.1 Å². The van der Waals surface area contributed by atoms with E-state index in [0.717, 1.165) is 38.8 Å². The second kappa shape index (κ2) is 10.1. The predicted octanol–water partition coefficient (Wildman–Crippen LogP) is 2.38. The van der Waals surface area contributed by atoms with Crippen LogP contribution in [0.2, 0.25) is 0 Å². The maximum absolute atomic E-state index is 12.7. The lowest BCUT2D eigenvalue weighted by Crippen LogP contribution is -2.35. The van der Waals surface area contributed by atoms with Crippen molar-refractivity contribution in [1.29, 1.82) is 10.5 Å². The van der Waals surface area contributed by atoms with E-state index in [0.29, 0.717) is 5.69 Å². The fourth-order valence-electron chi connectivity index (χ4n) is 3.30. The fourth-order valence-corrected chi connectivity index (χ4v) is 3.30. The number of carbonyl (C=O) groups excluding carboxylic acids is 2. The topological polar surface area (TPSA) is 135 Å². The van der Waals surface area contributed by atoms with Crippen LogP contribution in [0.5, 0.6) is 5.75 Å². The van der Waals surface area contributed by atoms with Gasteiger partial charge in [-0.2, -0.15) is 15.6 Å². The van der Waals surface area contributed by atoms with Gasteiger partial charge < -0.3 is 15.0 Å². The number of ether oxygens (including phenoxy) is 1. The number of aromatic nitrogens is 2. The highest BCUT2D eigenvalue weighted by Crippen LogP contribution is 2.22. The lowest BCUT2D eigenvalue weighted by molar-refractivity contribution is -0.133.